The molecule has 0 aliphatic rings. The second kappa shape index (κ2) is 7.96. The van der Waals surface area contributed by atoms with Crippen LogP contribution >= 0.6 is 0 Å². The third-order valence-electron chi connectivity index (χ3n) is 3.09. The van der Waals surface area contributed by atoms with Crippen molar-refractivity contribution in [3.63, 3.8) is 0 Å². The number of imidazole rings is 1. The van der Waals surface area contributed by atoms with Crippen molar-refractivity contribution in [2.24, 2.45) is 0 Å². The second-order valence-electron chi connectivity index (χ2n) is 5.04. The van der Waals surface area contributed by atoms with Gasteiger partial charge in [-0.1, -0.05) is 38.7 Å². The first kappa shape index (κ1) is 14.8. The molecule has 1 rings (SSSR count). The number of nitrogens with one attached hydrogen (secondary N) is 1. The Hall–Kier alpha value is -1.25. The van der Waals surface area contributed by atoms with Crippen molar-refractivity contribution < 1.29 is 0 Å². The summed E-state index contributed by atoms with van der Waals surface area (Å²) in [7, 11) is 0. The fraction of sp³-hybridized carbons (Fsp3) is 0.667. The Morgan fingerprint density at radius 1 is 1.44 bits per heavy atom. The van der Waals surface area contributed by atoms with Crippen LogP contribution in [0.2, 0.25) is 0 Å². The molecule has 3 heteroatoms. The maximum Gasteiger partial charge on any atom is 0.203 e. The minimum absolute atomic E-state index is 0.479. The highest BCUT2D eigenvalue weighted by Gasteiger charge is 2.08. The third-order valence-corrected chi connectivity index (χ3v) is 3.09. The van der Waals surface area contributed by atoms with Crippen LogP contribution < -0.4 is 5.32 Å². The summed E-state index contributed by atoms with van der Waals surface area (Å²) in [6, 6.07) is 0.479. The maximum absolute atomic E-state index is 4.52. The van der Waals surface area contributed by atoms with Gasteiger partial charge < -0.3 is 9.88 Å². The van der Waals surface area contributed by atoms with Crippen molar-refractivity contribution in [1.82, 2.24) is 9.55 Å². The predicted molar refractivity (Wildman–Crippen MR) is 79.0 cm³/mol. The molecule has 0 saturated carbocycles. The van der Waals surface area contributed by atoms with Gasteiger partial charge in [0, 0.05) is 18.8 Å². The van der Waals surface area contributed by atoms with E-state index in [1.807, 2.05) is 13.0 Å². The van der Waals surface area contributed by atoms with Gasteiger partial charge in [-0.15, -0.1) is 6.58 Å². The minimum atomic E-state index is 0.479. The van der Waals surface area contributed by atoms with Crippen LogP contribution in [0.5, 0.6) is 0 Å². The third kappa shape index (κ3) is 4.94. The molecule has 0 radical (unpaired) electrons. The summed E-state index contributed by atoms with van der Waals surface area (Å²) in [5.74, 6) is 0.968. The van der Waals surface area contributed by atoms with Crippen molar-refractivity contribution in [1.29, 1.82) is 0 Å². The zero-order valence-corrected chi connectivity index (χ0v) is 12.1. The summed E-state index contributed by atoms with van der Waals surface area (Å²) < 4.78 is 2.12. The zero-order valence-electron chi connectivity index (χ0n) is 12.1. The van der Waals surface area contributed by atoms with Crippen molar-refractivity contribution >= 4 is 5.95 Å². The summed E-state index contributed by atoms with van der Waals surface area (Å²) >= 11 is 0. The van der Waals surface area contributed by atoms with Gasteiger partial charge in [0.05, 0.1) is 5.69 Å². The van der Waals surface area contributed by atoms with Gasteiger partial charge in [-0.3, -0.25) is 0 Å². The molecule has 3 nitrogen and oxygen atoms in total. The SMILES string of the molecule is C=CCn1cc(C)nc1NC(C)CCCCCC. The molecule has 1 aromatic rings. The van der Waals surface area contributed by atoms with Crippen LogP contribution in [0.15, 0.2) is 18.9 Å². The molecule has 102 valence electrons. The van der Waals surface area contributed by atoms with Crippen LogP contribution in [0, 0.1) is 6.92 Å². The number of anilines is 1. The summed E-state index contributed by atoms with van der Waals surface area (Å²) in [4.78, 5) is 4.52. The lowest BCUT2D eigenvalue weighted by atomic mass is 10.1. The van der Waals surface area contributed by atoms with Gasteiger partial charge in [0.15, 0.2) is 0 Å². The van der Waals surface area contributed by atoms with Crippen LogP contribution in [0.3, 0.4) is 0 Å². The Bertz CT molecular complexity index is 355. The van der Waals surface area contributed by atoms with Crippen LogP contribution in [-0.2, 0) is 6.54 Å². The molecule has 1 N–H and O–H groups in total. The molecule has 0 aliphatic carbocycles. The Balaban J connectivity index is 2.42. The van der Waals surface area contributed by atoms with E-state index in [0.717, 1.165) is 18.2 Å². The van der Waals surface area contributed by atoms with E-state index in [2.05, 4.69) is 41.5 Å². The lowest BCUT2D eigenvalue weighted by molar-refractivity contribution is 0.589. The summed E-state index contributed by atoms with van der Waals surface area (Å²) in [6.07, 6.45) is 10.4. The summed E-state index contributed by atoms with van der Waals surface area (Å²) in [5, 5.41) is 3.50. The van der Waals surface area contributed by atoms with E-state index in [4.69, 9.17) is 0 Å². The van der Waals surface area contributed by atoms with E-state index in [1.54, 1.807) is 0 Å². The maximum atomic E-state index is 4.52. The molecule has 0 bridgehead atoms. The van der Waals surface area contributed by atoms with Crippen LogP contribution in [0.1, 0.15) is 51.6 Å². The average Bonchev–Trinajstić information content (AvgIpc) is 2.66. The van der Waals surface area contributed by atoms with E-state index in [9.17, 15) is 0 Å². The van der Waals surface area contributed by atoms with Crippen LogP contribution in [0.25, 0.3) is 0 Å². The number of hydrogen-bond donors (Lipinski definition) is 1. The normalized spacial score (nSPS) is 12.4. The van der Waals surface area contributed by atoms with Gasteiger partial charge in [-0.2, -0.15) is 0 Å². The lowest BCUT2D eigenvalue weighted by Gasteiger charge is -2.15. The molecule has 0 saturated heterocycles. The zero-order chi connectivity index (χ0) is 13.4. The first-order valence-electron chi connectivity index (χ1n) is 7.08. The highest BCUT2D eigenvalue weighted by molar-refractivity contribution is 5.30. The molecule has 0 amide bonds. The molecular formula is C15H27N3. The molecule has 0 fully saturated rings. The highest BCUT2D eigenvalue weighted by atomic mass is 15.2. The first-order valence-corrected chi connectivity index (χ1v) is 7.08. The van der Waals surface area contributed by atoms with Crippen molar-refractivity contribution in [3.8, 4) is 0 Å². The van der Waals surface area contributed by atoms with Gasteiger partial charge >= 0.3 is 0 Å². The number of aromatic nitrogens is 2. The van der Waals surface area contributed by atoms with E-state index in [0.29, 0.717) is 6.04 Å². The monoisotopic (exact) mass is 249 g/mol. The molecule has 0 aromatic carbocycles. The van der Waals surface area contributed by atoms with Gasteiger partial charge in [0.2, 0.25) is 5.95 Å². The first-order chi connectivity index (χ1) is 8.67. The lowest BCUT2D eigenvalue weighted by Crippen LogP contribution is -2.18. The largest absolute Gasteiger partial charge is 0.353 e. The van der Waals surface area contributed by atoms with Crippen molar-refractivity contribution in [3.05, 3.63) is 24.5 Å². The standard InChI is InChI=1S/C15H27N3/c1-5-7-8-9-10-13(3)16-15-17-14(4)12-18(15)11-6-2/h6,12-13H,2,5,7-11H2,1,3-4H3,(H,16,17). The fourth-order valence-electron chi connectivity index (χ4n) is 2.11. The molecule has 1 atom stereocenters. The number of rotatable bonds is 9. The molecule has 18 heavy (non-hydrogen) atoms. The molecule has 1 heterocycles. The van der Waals surface area contributed by atoms with Crippen LogP contribution in [-0.4, -0.2) is 15.6 Å². The van der Waals surface area contributed by atoms with Gasteiger partial charge in [0.1, 0.15) is 0 Å². The Morgan fingerprint density at radius 2 is 2.22 bits per heavy atom. The predicted octanol–water partition coefficient (Wildman–Crippen LogP) is 4.15. The molecule has 1 unspecified atom stereocenters. The number of nitrogens with zero attached hydrogens (tertiary/aromatic N) is 2. The smallest absolute Gasteiger partial charge is 0.203 e. The molecule has 1 aromatic heterocycles. The quantitative estimate of drug-likeness (QED) is 0.526. The van der Waals surface area contributed by atoms with E-state index in [1.165, 1.54) is 32.1 Å². The van der Waals surface area contributed by atoms with E-state index in [-0.39, 0.29) is 0 Å². The summed E-state index contributed by atoms with van der Waals surface area (Å²) in [5.41, 5.74) is 1.05. The van der Waals surface area contributed by atoms with E-state index < -0.39 is 0 Å². The number of allylic oxidation sites excluding steroid dienone is 1. The molecular weight excluding hydrogens is 222 g/mol. The van der Waals surface area contributed by atoms with Gasteiger partial charge in [-0.25, -0.2) is 4.98 Å². The fourth-order valence-corrected chi connectivity index (χ4v) is 2.11. The van der Waals surface area contributed by atoms with Gasteiger partial charge in [-0.05, 0) is 20.3 Å². The summed E-state index contributed by atoms with van der Waals surface area (Å²) in [6.45, 7) is 11.1. The molecule has 0 aliphatic heterocycles. The Morgan fingerprint density at radius 3 is 2.89 bits per heavy atom. The minimum Gasteiger partial charge on any atom is -0.353 e. The average molecular weight is 249 g/mol. The topological polar surface area (TPSA) is 29.9 Å². The molecule has 0 spiro atoms. The van der Waals surface area contributed by atoms with Crippen molar-refractivity contribution in [2.75, 3.05) is 5.32 Å². The number of unbranched alkanes of at least 4 members (excludes halogenated alkanes) is 3. The Kier molecular flexibility index (Phi) is 6.55. The number of aryl methyl sites for hydroxylation is 1. The van der Waals surface area contributed by atoms with Crippen molar-refractivity contribution in [2.45, 2.75) is 65.5 Å². The van der Waals surface area contributed by atoms with Crippen LogP contribution in [0.4, 0.5) is 5.95 Å². The second-order valence-corrected chi connectivity index (χ2v) is 5.04. The van der Waals surface area contributed by atoms with Gasteiger partial charge in [0.25, 0.3) is 0 Å². The highest BCUT2D eigenvalue weighted by Crippen LogP contribution is 2.13. The number of hydrogen-bond acceptors (Lipinski definition) is 2. The Labute approximate surface area is 111 Å². The van der Waals surface area contributed by atoms with E-state index >= 15 is 0 Å².